The summed E-state index contributed by atoms with van der Waals surface area (Å²) < 4.78 is 0. The lowest BCUT2D eigenvalue weighted by atomic mass is 10.0. The summed E-state index contributed by atoms with van der Waals surface area (Å²) in [5.74, 6) is 0. The largest absolute Gasteiger partial charge is 0.327 e. The Bertz CT molecular complexity index is 494. The first kappa shape index (κ1) is 13.8. The maximum atomic E-state index is 6.20. The molecule has 0 amide bonds. The first-order valence-corrected chi connectivity index (χ1v) is 6.95. The summed E-state index contributed by atoms with van der Waals surface area (Å²) in [6.45, 7) is 2.10. The predicted octanol–water partition coefficient (Wildman–Crippen LogP) is 3.28. The lowest BCUT2D eigenvalue weighted by Crippen LogP contribution is -2.23. The molecular weight excluding hydrogens is 232 g/mol. The average Bonchev–Trinajstić information content (AvgIpc) is 2.43. The topological polar surface area (TPSA) is 38.9 Å². The molecule has 100 valence electrons. The number of aromatic nitrogens is 1. The van der Waals surface area contributed by atoms with Gasteiger partial charge in [0, 0.05) is 24.4 Å². The number of hydrogen-bond acceptors (Lipinski definition) is 2. The number of pyridine rings is 1. The summed E-state index contributed by atoms with van der Waals surface area (Å²) in [7, 11) is 0. The zero-order chi connectivity index (χ0) is 13.5. The third-order valence-corrected chi connectivity index (χ3v) is 3.46. The molecule has 0 saturated carbocycles. The van der Waals surface area contributed by atoms with Gasteiger partial charge < -0.3 is 5.73 Å². The fourth-order valence-corrected chi connectivity index (χ4v) is 2.30. The monoisotopic (exact) mass is 254 g/mol. The number of hydrogen-bond donors (Lipinski definition) is 1. The molecule has 0 aliphatic rings. The molecule has 19 heavy (non-hydrogen) atoms. The van der Waals surface area contributed by atoms with Gasteiger partial charge in [-0.2, -0.15) is 0 Å². The van der Waals surface area contributed by atoms with Crippen LogP contribution in [0, 0.1) is 6.92 Å². The van der Waals surface area contributed by atoms with Crippen molar-refractivity contribution in [2.45, 2.75) is 38.6 Å². The SMILES string of the molecule is Cc1cccnc1CC(N)CCCc1ccccc1. The Labute approximate surface area is 115 Å². The van der Waals surface area contributed by atoms with Gasteiger partial charge in [-0.1, -0.05) is 36.4 Å². The van der Waals surface area contributed by atoms with Crippen molar-refractivity contribution >= 4 is 0 Å². The van der Waals surface area contributed by atoms with E-state index in [1.807, 2.05) is 12.3 Å². The van der Waals surface area contributed by atoms with E-state index in [0.29, 0.717) is 0 Å². The van der Waals surface area contributed by atoms with Crippen LogP contribution < -0.4 is 5.73 Å². The predicted molar refractivity (Wildman–Crippen MR) is 80.0 cm³/mol. The Balaban J connectivity index is 1.76. The molecule has 0 bridgehead atoms. The van der Waals surface area contributed by atoms with Gasteiger partial charge in [0.05, 0.1) is 0 Å². The lowest BCUT2D eigenvalue weighted by molar-refractivity contribution is 0.573. The van der Waals surface area contributed by atoms with E-state index in [-0.39, 0.29) is 6.04 Å². The van der Waals surface area contributed by atoms with Crippen LogP contribution in [0.15, 0.2) is 48.7 Å². The molecule has 0 aliphatic heterocycles. The minimum Gasteiger partial charge on any atom is -0.327 e. The fourth-order valence-electron chi connectivity index (χ4n) is 2.30. The van der Waals surface area contributed by atoms with Crippen molar-refractivity contribution in [1.29, 1.82) is 0 Å². The maximum absolute atomic E-state index is 6.20. The highest BCUT2D eigenvalue weighted by atomic mass is 14.7. The molecule has 1 unspecified atom stereocenters. The highest BCUT2D eigenvalue weighted by Crippen LogP contribution is 2.10. The molecule has 1 atom stereocenters. The third-order valence-electron chi connectivity index (χ3n) is 3.46. The van der Waals surface area contributed by atoms with Crippen molar-refractivity contribution in [2.24, 2.45) is 5.73 Å². The van der Waals surface area contributed by atoms with Gasteiger partial charge in [-0.3, -0.25) is 4.98 Å². The van der Waals surface area contributed by atoms with E-state index in [1.165, 1.54) is 11.1 Å². The molecule has 1 heterocycles. The van der Waals surface area contributed by atoms with Gasteiger partial charge in [-0.15, -0.1) is 0 Å². The van der Waals surface area contributed by atoms with Crippen molar-refractivity contribution in [3.8, 4) is 0 Å². The number of benzene rings is 1. The van der Waals surface area contributed by atoms with Crippen molar-refractivity contribution in [3.05, 3.63) is 65.5 Å². The van der Waals surface area contributed by atoms with Gasteiger partial charge >= 0.3 is 0 Å². The Morgan fingerprint density at radius 2 is 1.89 bits per heavy atom. The molecule has 2 aromatic rings. The molecular formula is C17H22N2. The maximum Gasteiger partial charge on any atom is 0.0448 e. The summed E-state index contributed by atoms with van der Waals surface area (Å²) in [5.41, 5.74) is 9.96. The van der Waals surface area contributed by atoms with E-state index >= 15 is 0 Å². The second kappa shape index (κ2) is 7.05. The van der Waals surface area contributed by atoms with Gasteiger partial charge in [0.15, 0.2) is 0 Å². The van der Waals surface area contributed by atoms with Gasteiger partial charge in [0.1, 0.15) is 0 Å². The number of nitrogens with two attached hydrogens (primary N) is 1. The summed E-state index contributed by atoms with van der Waals surface area (Å²) in [4.78, 5) is 4.40. The summed E-state index contributed by atoms with van der Waals surface area (Å²) in [6.07, 6.45) is 6.01. The van der Waals surface area contributed by atoms with Crippen LogP contribution >= 0.6 is 0 Å². The molecule has 1 aromatic carbocycles. The molecule has 0 fully saturated rings. The number of rotatable bonds is 6. The van der Waals surface area contributed by atoms with E-state index in [1.54, 1.807) is 0 Å². The van der Waals surface area contributed by atoms with Crippen molar-refractivity contribution in [3.63, 3.8) is 0 Å². The third kappa shape index (κ3) is 4.49. The fraction of sp³-hybridized carbons (Fsp3) is 0.353. The van der Waals surface area contributed by atoms with Crippen LogP contribution in [0.25, 0.3) is 0 Å². The zero-order valence-electron chi connectivity index (χ0n) is 11.5. The van der Waals surface area contributed by atoms with Gasteiger partial charge in [-0.25, -0.2) is 0 Å². The average molecular weight is 254 g/mol. The quantitative estimate of drug-likeness (QED) is 0.859. The number of aryl methyl sites for hydroxylation is 2. The first-order chi connectivity index (χ1) is 9.25. The molecule has 2 nitrogen and oxygen atoms in total. The van der Waals surface area contributed by atoms with Crippen LogP contribution in [0.4, 0.5) is 0 Å². The van der Waals surface area contributed by atoms with E-state index in [0.717, 1.165) is 31.4 Å². The van der Waals surface area contributed by atoms with Crippen molar-refractivity contribution < 1.29 is 0 Å². The van der Waals surface area contributed by atoms with Gasteiger partial charge in [0.2, 0.25) is 0 Å². The molecule has 2 rings (SSSR count). The lowest BCUT2D eigenvalue weighted by Gasteiger charge is -2.12. The molecule has 2 heteroatoms. The second-order valence-corrected chi connectivity index (χ2v) is 5.11. The molecule has 0 spiro atoms. The van der Waals surface area contributed by atoms with Crippen molar-refractivity contribution in [1.82, 2.24) is 4.98 Å². The zero-order valence-corrected chi connectivity index (χ0v) is 11.5. The van der Waals surface area contributed by atoms with E-state index in [4.69, 9.17) is 5.73 Å². The highest BCUT2D eigenvalue weighted by molar-refractivity contribution is 5.18. The van der Waals surface area contributed by atoms with E-state index in [2.05, 4.69) is 48.3 Å². The van der Waals surface area contributed by atoms with Gasteiger partial charge in [0.25, 0.3) is 0 Å². The summed E-state index contributed by atoms with van der Waals surface area (Å²) in [6, 6.07) is 14.9. The standard InChI is InChI=1S/C17H22N2/c1-14-7-6-12-19-17(14)13-16(18)11-5-10-15-8-3-2-4-9-15/h2-4,6-9,12,16H,5,10-11,13,18H2,1H3. The Hall–Kier alpha value is -1.67. The molecule has 0 aliphatic carbocycles. The second-order valence-electron chi connectivity index (χ2n) is 5.11. The molecule has 2 N–H and O–H groups in total. The smallest absolute Gasteiger partial charge is 0.0448 e. The minimum absolute atomic E-state index is 0.206. The van der Waals surface area contributed by atoms with Crippen LogP contribution in [-0.4, -0.2) is 11.0 Å². The van der Waals surface area contributed by atoms with Crippen molar-refractivity contribution in [2.75, 3.05) is 0 Å². The Morgan fingerprint density at radius 1 is 1.11 bits per heavy atom. The highest BCUT2D eigenvalue weighted by Gasteiger charge is 2.07. The summed E-state index contributed by atoms with van der Waals surface area (Å²) in [5, 5.41) is 0. The van der Waals surface area contributed by atoms with Crippen LogP contribution in [0.3, 0.4) is 0 Å². The number of nitrogens with zero attached hydrogens (tertiary/aromatic N) is 1. The van der Waals surface area contributed by atoms with Crippen LogP contribution in [0.1, 0.15) is 29.7 Å². The summed E-state index contributed by atoms with van der Waals surface area (Å²) >= 11 is 0. The van der Waals surface area contributed by atoms with Gasteiger partial charge in [-0.05, 0) is 43.4 Å². The van der Waals surface area contributed by atoms with Crippen LogP contribution in [0.2, 0.25) is 0 Å². The Kier molecular flexibility index (Phi) is 5.10. The molecule has 0 saturated heterocycles. The van der Waals surface area contributed by atoms with Crippen LogP contribution in [-0.2, 0) is 12.8 Å². The molecule has 1 aromatic heterocycles. The van der Waals surface area contributed by atoms with E-state index < -0.39 is 0 Å². The van der Waals surface area contributed by atoms with Crippen LogP contribution in [0.5, 0.6) is 0 Å². The Morgan fingerprint density at radius 3 is 2.63 bits per heavy atom. The normalized spacial score (nSPS) is 12.3. The molecule has 0 radical (unpaired) electrons. The van der Waals surface area contributed by atoms with E-state index in [9.17, 15) is 0 Å². The first-order valence-electron chi connectivity index (χ1n) is 6.95. The minimum atomic E-state index is 0.206.